The van der Waals surface area contributed by atoms with Crippen LogP contribution in [0.25, 0.3) is 0 Å². The molecule has 1 aliphatic rings. The highest BCUT2D eigenvalue weighted by molar-refractivity contribution is 4.79. The Kier molecular flexibility index (Phi) is 6.22. The third-order valence-corrected chi connectivity index (χ3v) is 3.49. The Bertz CT molecular complexity index is 158. The highest BCUT2D eigenvalue weighted by Gasteiger charge is 2.22. The van der Waals surface area contributed by atoms with Gasteiger partial charge < -0.3 is 15.5 Å². The van der Waals surface area contributed by atoms with Crippen LogP contribution in [0.4, 0.5) is 0 Å². The van der Waals surface area contributed by atoms with Gasteiger partial charge in [-0.05, 0) is 25.2 Å². The van der Waals surface area contributed by atoms with Crippen molar-refractivity contribution < 1.29 is 10.2 Å². The molecule has 0 bridgehead atoms. The minimum Gasteiger partial charge on any atom is -0.394 e. The summed E-state index contributed by atoms with van der Waals surface area (Å²) in [6.45, 7) is 2.57. The van der Waals surface area contributed by atoms with Crippen molar-refractivity contribution >= 4 is 0 Å². The summed E-state index contributed by atoms with van der Waals surface area (Å²) in [6.07, 6.45) is 7.23. The van der Waals surface area contributed by atoms with Crippen LogP contribution < -0.4 is 5.32 Å². The van der Waals surface area contributed by atoms with E-state index in [1.165, 1.54) is 32.1 Å². The van der Waals surface area contributed by atoms with E-state index < -0.39 is 6.10 Å². The number of rotatable bonds is 6. The maximum absolute atomic E-state index is 9.29. The van der Waals surface area contributed by atoms with Crippen molar-refractivity contribution in [1.82, 2.24) is 5.32 Å². The molecule has 0 aromatic carbocycles. The Labute approximate surface area is 92.9 Å². The summed E-state index contributed by atoms with van der Waals surface area (Å²) >= 11 is 0. The molecule has 0 aromatic heterocycles. The second kappa shape index (κ2) is 7.20. The van der Waals surface area contributed by atoms with Gasteiger partial charge >= 0.3 is 0 Å². The summed E-state index contributed by atoms with van der Waals surface area (Å²) in [7, 11) is 0. The van der Waals surface area contributed by atoms with Gasteiger partial charge in [0.05, 0.1) is 12.7 Å². The molecule has 1 aliphatic carbocycles. The summed E-state index contributed by atoms with van der Waals surface area (Å²) in [5.41, 5.74) is 0. The molecule has 15 heavy (non-hydrogen) atoms. The third-order valence-electron chi connectivity index (χ3n) is 3.49. The van der Waals surface area contributed by atoms with Crippen LogP contribution in [0.3, 0.4) is 0 Å². The molecule has 1 unspecified atom stereocenters. The molecule has 90 valence electrons. The van der Waals surface area contributed by atoms with Gasteiger partial charge in [0.15, 0.2) is 0 Å². The first-order valence-electron chi connectivity index (χ1n) is 6.30. The Hall–Kier alpha value is -0.120. The zero-order valence-corrected chi connectivity index (χ0v) is 9.78. The van der Waals surface area contributed by atoms with E-state index in [0.29, 0.717) is 12.6 Å². The first-order valence-corrected chi connectivity index (χ1v) is 6.30. The first-order chi connectivity index (χ1) is 7.27. The summed E-state index contributed by atoms with van der Waals surface area (Å²) in [6, 6.07) is 0.520. The van der Waals surface area contributed by atoms with Gasteiger partial charge in [-0.25, -0.2) is 0 Å². The van der Waals surface area contributed by atoms with Crippen molar-refractivity contribution in [2.75, 3.05) is 13.2 Å². The zero-order valence-electron chi connectivity index (χ0n) is 9.78. The predicted octanol–water partition coefficient (Wildman–Crippen LogP) is 1.29. The van der Waals surface area contributed by atoms with Crippen molar-refractivity contribution in [2.24, 2.45) is 5.92 Å². The Morgan fingerprint density at radius 3 is 2.47 bits per heavy atom. The van der Waals surface area contributed by atoms with Crippen LogP contribution in [0.2, 0.25) is 0 Å². The van der Waals surface area contributed by atoms with Crippen LogP contribution in [-0.2, 0) is 0 Å². The smallest absolute Gasteiger partial charge is 0.0895 e. The molecular formula is C12H25NO2. The summed E-state index contributed by atoms with van der Waals surface area (Å²) in [5.74, 6) is 0.773. The third kappa shape index (κ3) is 4.49. The number of hydrogen-bond acceptors (Lipinski definition) is 3. The van der Waals surface area contributed by atoms with Gasteiger partial charge in [-0.15, -0.1) is 0 Å². The van der Waals surface area contributed by atoms with E-state index in [-0.39, 0.29) is 6.61 Å². The predicted molar refractivity (Wildman–Crippen MR) is 61.7 cm³/mol. The van der Waals surface area contributed by atoms with Gasteiger partial charge in [-0.2, -0.15) is 0 Å². The molecule has 0 spiro atoms. The number of aliphatic hydroxyl groups is 2. The lowest BCUT2D eigenvalue weighted by molar-refractivity contribution is 0.0877. The van der Waals surface area contributed by atoms with Gasteiger partial charge in [0.25, 0.3) is 0 Å². The molecule has 1 saturated carbocycles. The maximum Gasteiger partial charge on any atom is 0.0895 e. The van der Waals surface area contributed by atoms with Crippen molar-refractivity contribution in [3.8, 4) is 0 Å². The molecule has 3 nitrogen and oxygen atoms in total. The Balaban J connectivity index is 2.27. The second-order valence-electron chi connectivity index (χ2n) is 4.66. The van der Waals surface area contributed by atoms with Crippen LogP contribution in [-0.4, -0.2) is 35.5 Å². The van der Waals surface area contributed by atoms with E-state index in [4.69, 9.17) is 5.11 Å². The van der Waals surface area contributed by atoms with E-state index in [1.807, 2.05) is 0 Å². The highest BCUT2D eigenvalue weighted by Crippen LogP contribution is 2.27. The molecule has 0 amide bonds. The Morgan fingerprint density at radius 1 is 1.27 bits per heavy atom. The van der Waals surface area contributed by atoms with Crippen molar-refractivity contribution in [1.29, 1.82) is 0 Å². The summed E-state index contributed by atoms with van der Waals surface area (Å²) in [4.78, 5) is 0. The number of nitrogens with one attached hydrogen (secondary N) is 1. The van der Waals surface area contributed by atoms with E-state index in [0.717, 1.165) is 12.3 Å². The van der Waals surface area contributed by atoms with Gasteiger partial charge in [0.2, 0.25) is 0 Å². The zero-order chi connectivity index (χ0) is 11.1. The quantitative estimate of drug-likeness (QED) is 0.626. The molecule has 1 rings (SSSR count). The van der Waals surface area contributed by atoms with Crippen LogP contribution in [0.1, 0.15) is 45.4 Å². The monoisotopic (exact) mass is 215 g/mol. The summed E-state index contributed by atoms with van der Waals surface area (Å²) in [5, 5.41) is 21.4. The molecule has 0 radical (unpaired) electrons. The molecule has 0 heterocycles. The van der Waals surface area contributed by atoms with E-state index in [1.54, 1.807) is 0 Å². The van der Waals surface area contributed by atoms with Crippen LogP contribution >= 0.6 is 0 Å². The fraction of sp³-hybridized carbons (Fsp3) is 1.00. The van der Waals surface area contributed by atoms with E-state index >= 15 is 0 Å². The lowest BCUT2D eigenvalue weighted by Gasteiger charge is -2.30. The minimum absolute atomic E-state index is 0.145. The molecule has 0 saturated heterocycles. The second-order valence-corrected chi connectivity index (χ2v) is 4.66. The molecule has 3 heteroatoms. The fourth-order valence-electron chi connectivity index (χ4n) is 2.53. The highest BCUT2D eigenvalue weighted by atomic mass is 16.3. The van der Waals surface area contributed by atoms with Crippen molar-refractivity contribution in [2.45, 2.75) is 57.6 Å². The lowest BCUT2D eigenvalue weighted by atomic mass is 9.83. The number of hydrogen-bond donors (Lipinski definition) is 3. The Morgan fingerprint density at radius 2 is 1.93 bits per heavy atom. The molecule has 3 N–H and O–H groups in total. The lowest BCUT2D eigenvalue weighted by Crippen LogP contribution is -2.41. The van der Waals surface area contributed by atoms with Crippen molar-refractivity contribution in [3.63, 3.8) is 0 Å². The largest absolute Gasteiger partial charge is 0.394 e. The normalized spacial score (nSPS) is 22.6. The first kappa shape index (κ1) is 12.9. The summed E-state index contributed by atoms with van der Waals surface area (Å²) < 4.78 is 0. The molecule has 2 atom stereocenters. The standard InChI is InChI=1S/C12H25NO2/c1-2-12(13-8-11(15)9-14)10-6-4-3-5-7-10/h10-15H,2-9H2,1H3/t11-,12?/m0/s1. The van der Waals surface area contributed by atoms with Crippen LogP contribution in [0, 0.1) is 5.92 Å². The SMILES string of the molecule is CCC(NC[C@H](O)CO)C1CCCCC1. The minimum atomic E-state index is -0.609. The van der Waals surface area contributed by atoms with Crippen LogP contribution in [0.15, 0.2) is 0 Å². The average Bonchev–Trinajstić information content (AvgIpc) is 2.31. The van der Waals surface area contributed by atoms with Gasteiger partial charge in [0.1, 0.15) is 0 Å². The number of aliphatic hydroxyl groups excluding tert-OH is 2. The molecule has 0 aliphatic heterocycles. The van der Waals surface area contributed by atoms with E-state index in [2.05, 4.69) is 12.2 Å². The van der Waals surface area contributed by atoms with Gasteiger partial charge in [-0.3, -0.25) is 0 Å². The topological polar surface area (TPSA) is 52.5 Å². The maximum atomic E-state index is 9.29. The molecular weight excluding hydrogens is 190 g/mol. The van der Waals surface area contributed by atoms with Crippen LogP contribution in [0.5, 0.6) is 0 Å². The van der Waals surface area contributed by atoms with E-state index in [9.17, 15) is 5.11 Å². The van der Waals surface area contributed by atoms with Gasteiger partial charge in [0, 0.05) is 12.6 Å². The molecule has 0 aromatic rings. The molecule has 1 fully saturated rings. The van der Waals surface area contributed by atoms with Gasteiger partial charge in [-0.1, -0.05) is 26.2 Å². The fourth-order valence-corrected chi connectivity index (χ4v) is 2.53. The van der Waals surface area contributed by atoms with Crippen molar-refractivity contribution in [3.05, 3.63) is 0 Å². The average molecular weight is 215 g/mol.